The van der Waals surface area contributed by atoms with Gasteiger partial charge in [0, 0.05) is 32.5 Å². The molecule has 0 unspecified atom stereocenters. The third-order valence-electron chi connectivity index (χ3n) is 2.78. The molecule has 0 aromatic carbocycles. The minimum atomic E-state index is 0.411. The van der Waals surface area contributed by atoms with Crippen molar-refractivity contribution in [3.05, 3.63) is 24.0 Å². The number of aryl methyl sites for hydroxylation is 1. The molecule has 0 aliphatic carbocycles. The summed E-state index contributed by atoms with van der Waals surface area (Å²) in [5.41, 5.74) is 1.77. The lowest BCUT2D eigenvalue weighted by atomic mass is 9.90. The number of nitrogens with zero attached hydrogens (tertiary/aromatic N) is 1. The van der Waals surface area contributed by atoms with Crippen molar-refractivity contribution in [2.75, 3.05) is 6.54 Å². The van der Waals surface area contributed by atoms with Crippen LogP contribution in [-0.4, -0.2) is 11.1 Å². The van der Waals surface area contributed by atoms with Gasteiger partial charge in [-0.1, -0.05) is 20.8 Å². The molecule has 0 aliphatic rings. The summed E-state index contributed by atoms with van der Waals surface area (Å²) < 4.78 is 2.09. The van der Waals surface area contributed by atoms with Crippen molar-refractivity contribution >= 4 is 0 Å². The van der Waals surface area contributed by atoms with Crippen LogP contribution in [0.1, 0.15) is 32.8 Å². The SMILES string of the molecule is CCC(C)(C)CNCc1ccn(C)c1. The molecule has 0 amide bonds. The summed E-state index contributed by atoms with van der Waals surface area (Å²) in [4.78, 5) is 0. The molecule has 1 aromatic heterocycles. The molecule has 2 heteroatoms. The van der Waals surface area contributed by atoms with Crippen LogP contribution in [0.15, 0.2) is 18.5 Å². The van der Waals surface area contributed by atoms with Crippen molar-refractivity contribution < 1.29 is 0 Å². The van der Waals surface area contributed by atoms with Crippen LogP contribution in [-0.2, 0) is 13.6 Å². The molecule has 0 saturated heterocycles. The highest BCUT2D eigenvalue weighted by Crippen LogP contribution is 2.17. The lowest BCUT2D eigenvalue weighted by Crippen LogP contribution is -2.28. The van der Waals surface area contributed by atoms with Gasteiger partial charge < -0.3 is 9.88 Å². The summed E-state index contributed by atoms with van der Waals surface area (Å²) in [5.74, 6) is 0. The maximum atomic E-state index is 3.49. The average molecular weight is 194 g/mol. The van der Waals surface area contributed by atoms with Crippen LogP contribution >= 0.6 is 0 Å². The van der Waals surface area contributed by atoms with E-state index in [9.17, 15) is 0 Å². The molecule has 0 bridgehead atoms. The van der Waals surface area contributed by atoms with E-state index >= 15 is 0 Å². The molecule has 0 atom stereocenters. The van der Waals surface area contributed by atoms with Gasteiger partial charge in [-0.3, -0.25) is 0 Å². The van der Waals surface area contributed by atoms with Gasteiger partial charge in [-0.2, -0.15) is 0 Å². The average Bonchev–Trinajstić information content (AvgIpc) is 2.51. The zero-order valence-corrected chi connectivity index (χ0v) is 9.80. The molecule has 1 rings (SSSR count). The first-order chi connectivity index (χ1) is 6.53. The van der Waals surface area contributed by atoms with Crippen LogP contribution in [0, 0.1) is 5.41 Å². The Morgan fingerprint density at radius 1 is 1.43 bits per heavy atom. The van der Waals surface area contributed by atoms with E-state index < -0.39 is 0 Å². The number of hydrogen-bond acceptors (Lipinski definition) is 1. The minimum Gasteiger partial charge on any atom is -0.357 e. The lowest BCUT2D eigenvalue weighted by Gasteiger charge is -2.22. The first-order valence-electron chi connectivity index (χ1n) is 5.35. The van der Waals surface area contributed by atoms with Crippen molar-refractivity contribution in [1.82, 2.24) is 9.88 Å². The molecule has 14 heavy (non-hydrogen) atoms. The zero-order chi connectivity index (χ0) is 10.6. The first-order valence-corrected chi connectivity index (χ1v) is 5.35. The Hall–Kier alpha value is -0.760. The number of hydrogen-bond donors (Lipinski definition) is 1. The second-order valence-electron chi connectivity index (χ2n) is 4.81. The van der Waals surface area contributed by atoms with Gasteiger partial charge >= 0.3 is 0 Å². The summed E-state index contributed by atoms with van der Waals surface area (Å²) >= 11 is 0. The van der Waals surface area contributed by atoms with E-state index in [2.05, 4.69) is 56.2 Å². The summed E-state index contributed by atoms with van der Waals surface area (Å²) in [5, 5.41) is 3.49. The van der Waals surface area contributed by atoms with E-state index in [0.717, 1.165) is 13.1 Å². The van der Waals surface area contributed by atoms with E-state index in [1.807, 2.05) is 0 Å². The zero-order valence-electron chi connectivity index (χ0n) is 9.80. The monoisotopic (exact) mass is 194 g/mol. The van der Waals surface area contributed by atoms with Gasteiger partial charge in [-0.15, -0.1) is 0 Å². The normalized spacial score (nSPS) is 12.0. The Balaban J connectivity index is 2.28. The number of aromatic nitrogens is 1. The van der Waals surface area contributed by atoms with Crippen LogP contribution in [0.5, 0.6) is 0 Å². The number of nitrogens with one attached hydrogen (secondary N) is 1. The van der Waals surface area contributed by atoms with Crippen LogP contribution in [0.25, 0.3) is 0 Å². The molecule has 0 fully saturated rings. The largest absolute Gasteiger partial charge is 0.357 e. The van der Waals surface area contributed by atoms with Crippen molar-refractivity contribution in [1.29, 1.82) is 0 Å². The topological polar surface area (TPSA) is 17.0 Å². The smallest absolute Gasteiger partial charge is 0.0220 e. The molecular formula is C12H22N2. The second-order valence-corrected chi connectivity index (χ2v) is 4.81. The molecule has 1 heterocycles. The van der Waals surface area contributed by atoms with Gasteiger partial charge in [0.1, 0.15) is 0 Å². The van der Waals surface area contributed by atoms with E-state index in [4.69, 9.17) is 0 Å². The third-order valence-corrected chi connectivity index (χ3v) is 2.78. The van der Waals surface area contributed by atoms with E-state index in [0.29, 0.717) is 5.41 Å². The van der Waals surface area contributed by atoms with Crippen molar-refractivity contribution in [3.8, 4) is 0 Å². The Morgan fingerprint density at radius 3 is 2.64 bits per heavy atom. The standard InChI is InChI=1S/C12H22N2/c1-5-12(2,3)10-13-8-11-6-7-14(4)9-11/h6-7,9,13H,5,8,10H2,1-4H3. The lowest BCUT2D eigenvalue weighted by molar-refractivity contribution is 0.327. The molecule has 2 nitrogen and oxygen atoms in total. The van der Waals surface area contributed by atoms with Gasteiger partial charge in [0.2, 0.25) is 0 Å². The number of rotatable bonds is 5. The maximum Gasteiger partial charge on any atom is 0.0220 e. The predicted octanol–water partition coefficient (Wildman–Crippen LogP) is 2.55. The summed E-state index contributed by atoms with van der Waals surface area (Å²) in [7, 11) is 2.06. The Labute approximate surface area is 87.3 Å². The highest BCUT2D eigenvalue weighted by molar-refractivity contribution is 5.09. The van der Waals surface area contributed by atoms with Crippen LogP contribution in [0.4, 0.5) is 0 Å². The van der Waals surface area contributed by atoms with Crippen LogP contribution < -0.4 is 5.32 Å². The first kappa shape index (κ1) is 11.3. The molecule has 1 N–H and O–H groups in total. The fraction of sp³-hybridized carbons (Fsp3) is 0.667. The van der Waals surface area contributed by atoms with Crippen LogP contribution in [0.2, 0.25) is 0 Å². The highest BCUT2D eigenvalue weighted by atomic mass is 14.9. The Kier molecular flexibility index (Phi) is 3.76. The molecule has 0 spiro atoms. The highest BCUT2D eigenvalue weighted by Gasteiger charge is 2.13. The predicted molar refractivity (Wildman–Crippen MR) is 61.2 cm³/mol. The molecule has 0 radical (unpaired) electrons. The van der Waals surface area contributed by atoms with E-state index in [1.54, 1.807) is 0 Å². The van der Waals surface area contributed by atoms with Gasteiger partial charge in [0.25, 0.3) is 0 Å². The van der Waals surface area contributed by atoms with E-state index in [1.165, 1.54) is 12.0 Å². The molecule has 0 saturated carbocycles. The van der Waals surface area contributed by atoms with E-state index in [-0.39, 0.29) is 0 Å². The van der Waals surface area contributed by atoms with Gasteiger partial charge in [0.15, 0.2) is 0 Å². The van der Waals surface area contributed by atoms with Gasteiger partial charge in [-0.25, -0.2) is 0 Å². The quantitative estimate of drug-likeness (QED) is 0.762. The summed E-state index contributed by atoms with van der Waals surface area (Å²) in [6.07, 6.45) is 5.46. The third kappa shape index (κ3) is 3.54. The second kappa shape index (κ2) is 4.65. The van der Waals surface area contributed by atoms with Crippen LogP contribution in [0.3, 0.4) is 0 Å². The minimum absolute atomic E-state index is 0.411. The van der Waals surface area contributed by atoms with Gasteiger partial charge in [0.05, 0.1) is 0 Å². The van der Waals surface area contributed by atoms with Crippen molar-refractivity contribution in [2.45, 2.75) is 33.7 Å². The van der Waals surface area contributed by atoms with Gasteiger partial charge in [-0.05, 0) is 23.5 Å². The molecule has 0 aliphatic heterocycles. The molecular weight excluding hydrogens is 172 g/mol. The summed E-state index contributed by atoms with van der Waals surface area (Å²) in [6.45, 7) is 8.89. The maximum absolute atomic E-state index is 3.49. The van der Waals surface area contributed by atoms with Crippen molar-refractivity contribution in [2.24, 2.45) is 12.5 Å². The Morgan fingerprint density at radius 2 is 2.14 bits per heavy atom. The van der Waals surface area contributed by atoms with Crippen molar-refractivity contribution in [3.63, 3.8) is 0 Å². The molecule has 80 valence electrons. The fourth-order valence-corrected chi connectivity index (χ4v) is 1.34. The fourth-order valence-electron chi connectivity index (χ4n) is 1.34. The Bertz CT molecular complexity index is 274. The summed E-state index contributed by atoms with van der Waals surface area (Å²) in [6, 6.07) is 2.16. The molecule has 1 aromatic rings.